The van der Waals surface area contributed by atoms with Gasteiger partial charge in [0.2, 0.25) is 5.91 Å². The zero-order chi connectivity index (χ0) is 14.0. The summed E-state index contributed by atoms with van der Waals surface area (Å²) in [6, 6.07) is 5.41. The standard InChI is InChI=1S/C13H14ClNO4/c14-9-6-12(17)15(7-9)11(13(18)19)5-8-2-1-3-10(16)4-8/h1-4,9,11,16H,5-7H2,(H,18,19)/t9?,11-/m0/s1. The molecule has 0 spiro atoms. The molecule has 1 fully saturated rings. The molecule has 1 heterocycles. The molecule has 2 N–H and O–H groups in total. The van der Waals surface area contributed by atoms with Crippen molar-refractivity contribution in [1.29, 1.82) is 0 Å². The molecule has 0 saturated carbocycles. The van der Waals surface area contributed by atoms with Crippen LogP contribution in [0.5, 0.6) is 5.75 Å². The summed E-state index contributed by atoms with van der Waals surface area (Å²) in [6.07, 6.45) is 0.324. The lowest BCUT2D eigenvalue weighted by Crippen LogP contribution is -2.43. The molecule has 0 radical (unpaired) electrons. The average molecular weight is 284 g/mol. The Morgan fingerprint density at radius 1 is 1.53 bits per heavy atom. The van der Waals surface area contributed by atoms with Gasteiger partial charge in [-0.25, -0.2) is 4.79 Å². The summed E-state index contributed by atoms with van der Waals surface area (Å²) < 4.78 is 0. The lowest BCUT2D eigenvalue weighted by atomic mass is 10.0. The average Bonchev–Trinajstić information content (AvgIpc) is 2.65. The van der Waals surface area contributed by atoms with Gasteiger partial charge in [-0.3, -0.25) is 4.79 Å². The highest BCUT2D eigenvalue weighted by Gasteiger charge is 2.36. The first-order valence-electron chi connectivity index (χ1n) is 5.91. The van der Waals surface area contributed by atoms with Crippen molar-refractivity contribution in [2.75, 3.05) is 6.54 Å². The second-order valence-corrected chi connectivity index (χ2v) is 5.19. The highest BCUT2D eigenvalue weighted by Crippen LogP contribution is 2.22. The van der Waals surface area contributed by atoms with Crippen LogP contribution in [0.4, 0.5) is 0 Å². The molecule has 1 saturated heterocycles. The molecule has 1 aliphatic heterocycles. The number of carboxylic acid groups (broad SMARTS) is 1. The number of amides is 1. The number of nitrogens with zero attached hydrogens (tertiary/aromatic N) is 1. The van der Waals surface area contributed by atoms with Crippen LogP contribution in [0.1, 0.15) is 12.0 Å². The zero-order valence-electron chi connectivity index (χ0n) is 10.1. The molecule has 1 aromatic rings. The summed E-state index contributed by atoms with van der Waals surface area (Å²) in [5.41, 5.74) is 0.665. The van der Waals surface area contributed by atoms with Gasteiger partial charge in [-0.15, -0.1) is 11.6 Å². The van der Waals surface area contributed by atoms with Crippen molar-refractivity contribution in [3.63, 3.8) is 0 Å². The van der Waals surface area contributed by atoms with Gasteiger partial charge in [0.15, 0.2) is 0 Å². The van der Waals surface area contributed by atoms with E-state index in [0.29, 0.717) is 5.56 Å². The van der Waals surface area contributed by atoms with Gasteiger partial charge in [0.25, 0.3) is 0 Å². The quantitative estimate of drug-likeness (QED) is 0.815. The van der Waals surface area contributed by atoms with E-state index in [0.717, 1.165) is 0 Å². The summed E-state index contributed by atoms with van der Waals surface area (Å²) in [4.78, 5) is 24.3. The third kappa shape index (κ3) is 3.17. The first kappa shape index (κ1) is 13.7. The van der Waals surface area contributed by atoms with Crippen LogP contribution in [0.15, 0.2) is 24.3 Å². The molecule has 2 atom stereocenters. The van der Waals surface area contributed by atoms with E-state index in [-0.39, 0.29) is 36.4 Å². The summed E-state index contributed by atoms with van der Waals surface area (Å²) in [6.45, 7) is 0.246. The summed E-state index contributed by atoms with van der Waals surface area (Å²) >= 11 is 5.88. The molecule has 1 amide bonds. The lowest BCUT2D eigenvalue weighted by molar-refractivity contribution is -0.148. The fourth-order valence-corrected chi connectivity index (χ4v) is 2.51. The van der Waals surface area contributed by atoms with Gasteiger partial charge < -0.3 is 15.1 Å². The molecule has 0 aromatic heterocycles. The van der Waals surface area contributed by atoms with Gasteiger partial charge >= 0.3 is 5.97 Å². The summed E-state index contributed by atoms with van der Waals surface area (Å²) in [7, 11) is 0. The number of halogens is 1. The third-order valence-electron chi connectivity index (χ3n) is 3.11. The number of benzene rings is 1. The molecular weight excluding hydrogens is 270 g/mol. The Morgan fingerprint density at radius 3 is 2.79 bits per heavy atom. The molecule has 5 nitrogen and oxygen atoms in total. The van der Waals surface area contributed by atoms with Crippen LogP contribution >= 0.6 is 11.6 Å². The van der Waals surface area contributed by atoms with Gasteiger partial charge in [-0.05, 0) is 17.7 Å². The van der Waals surface area contributed by atoms with Crippen LogP contribution in [0.25, 0.3) is 0 Å². The maximum absolute atomic E-state index is 11.7. The van der Waals surface area contributed by atoms with E-state index in [1.54, 1.807) is 12.1 Å². The Balaban J connectivity index is 2.17. The second-order valence-electron chi connectivity index (χ2n) is 4.58. The van der Waals surface area contributed by atoms with Gasteiger partial charge in [0.05, 0.1) is 5.38 Å². The van der Waals surface area contributed by atoms with Crippen molar-refractivity contribution < 1.29 is 19.8 Å². The van der Waals surface area contributed by atoms with Gasteiger partial charge in [0.1, 0.15) is 11.8 Å². The minimum absolute atomic E-state index is 0.0737. The zero-order valence-corrected chi connectivity index (χ0v) is 10.9. The Labute approximate surface area is 115 Å². The van der Waals surface area contributed by atoms with E-state index < -0.39 is 12.0 Å². The Bertz CT molecular complexity index is 505. The van der Waals surface area contributed by atoms with Gasteiger partial charge in [0, 0.05) is 19.4 Å². The van der Waals surface area contributed by atoms with Crippen molar-refractivity contribution >= 4 is 23.5 Å². The van der Waals surface area contributed by atoms with Crippen LogP contribution in [-0.4, -0.2) is 45.0 Å². The first-order chi connectivity index (χ1) is 8.97. The Hall–Kier alpha value is -1.75. The largest absolute Gasteiger partial charge is 0.508 e. The fraction of sp³-hybridized carbons (Fsp3) is 0.385. The van der Waals surface area contributed by atoms with E-state index in [2.05, 4.69) is 0 Å². The number of phenols is 1. The number of carboxylic acids is 1. The van der Waals surface area contributed by atoms with Crippen molar-refractivity contribution in [2.45, 2.75) is 24.3 Å². The minimum Gasteiger partial charge on any atom is -0.508 e. The normalized spacial score (nSPS) is 20.6. The number of alkyl halides is 1. The number of aromatic hydroxyl groups is 1. The maximum atomic E-state index is 11.7. The topological polar surface area (TPSA) is 77.8 Å². The fourth-order valence-electron chi connectivity index (χ4n) is 2.23. The van der Waals surface area contributed by atoms with Crippen molar-refractivity contribution in [2.24, 2.45) is 0 Å². The van der Waals surface area contributed by atoms with E-state index in [1.807, 2.05) is 0 Å². The Kier molecular flexibility index (Phi) is 3.95. The predicted octanol–water partition coefficient (Wildman–Crippen LogP) is 1.23. The molecule has 0 aliphatic carbocycles. The van der Waals surface area contributed by atoms with Crippen molar-refractivity contribution in [3.05, 3.63) is 29.8 Å². The summed E-state index contributed by atoms with van der Waals surface area (Å²) in [5, 5.41) is 18.3. The SMILES string of the molecule is O=C(O)[C@H](Cc1cccc(O)c1)N1CC(Cl)CC1=O. The van der Waals surface area contributed by atoms with E-state index in [9.17, 15) is 19.8 Å². The number of phenolic OH excluding ortho intramolecular Hbond substituents is 1. The number of aliphatic carboxylic acids is 1. The number of hydrogen-bond donors (Lipinski definition) is 2. The molecule has 1 aliphatic rings. The van der Waals surface area contributed by atoms with Gasteiger partial charge in [-0.2, -0.15) is 0 Å². The molecule has 19 heavy (non-hydrogen) atoms. The van der Waals surface area contributed by atoms with Crippen molar-refractivity contribution in [3.8, 4) is 5.75 Å². The maximum Gasteiger partial charge on any atom is 0.326 e. The number of likely N-dealkylation sites (tertiary alicyclic amines) is 1. The van der Waals surface area contributed by atoms with Crippen LogP contribution in [-0.2, 0) is 16.0 Å². The highest BCUT2D eigenvalue weighted by molar-refractivity contribution is 6.22. The lowest BCUT2D eigenvalue weighted by Gasteiger charge is -2.24. The molecular formula is C13H14ClNO4. The molecule has 2 rings (SSSR count). The van der Waals surface area contributed by atoms with E-state index in [4.69, 9.17) is 11.6 Å². The van der Waals surface area contributed by atoms with Crippen LogP contribution in [0.2, 0.25) is 0 Å². The number of hydrogen-bond acceptors (Lipinski definition) is 3. The molecule has 102 valence electrons. The number of carbonyl (C=O) groups excluding carboxylic acids is 1. The minimum atomic E-state index is -1.07. The number of rotatable bonds is 4. The predicted molar refractivity (Wildman–Crippen MR) is 69.2 cm³/mol. The smallest absolute Gasteiger partial charge is 0.326 e. The molecule has 0 bridgehead atoms. The van der Waals surface area contributed by atoms with Crippen LogP contribution < -0.4 is 0 Å². The van der Waals surface area contributed by atoms with Crippen molar-refractivity contribution in [1.82, 2.24) is 4.90 Å². The molecule has 1 aromatic carbocycles. The second kappa shape index (κ2) is 5.48. The van der Waals surface area contributed by atoms with Gasteiger partial charge in [-0.1, -0.05) is 12.1 Å². The number of carbonyl (C=O) groups is 2. The molecule has 1 unspecified atom stereocenters. The third-order valence-corrected chi connectivity index (χ3v) is 3.40. The monoisotopic (exact) mass is 283 g/mol. The Morgan fingerprint density at radius 2 is 2.26 bits per heavy atom. The van der Waals surface area contributed by atoms with Crippen LogP contribution in [0, 0.1) is 0 Å². The van der Waals surface area contributed by atoms with Crippen LogP contribution in [0.3, 0.4) is 0 Å². The first-order valence-corrected chi connectivity index (χ1v) is 6.35. The molecule has 6 heteroatoms. The summed E-state index contributed by atoms with van der Waals surface area (Å²) in [5.74, 6) is -1.24. The highest BCUT2D eigenvalue weighted by atomic mass is 35.5. The van der Waals surface area contributed by atoms with E-state index in [1.165, 1.54) is 17.0 Å². The van der Waals surface area contributed by atoms with E-state index >= 15 is 0 Å².